The molecule has 2 heterocycles. The third-order valence-electron chi connectivity index (χ3n) is 3.40. The third kappa shape index (κ3) is 1.22. The average Bonchev–Trinajstić information content (AvgIpc) is 2.85. The molecule has 3 rings (SSSR count). The summed E-state index contributed by atoms with van der Waals surface area (Å²) in [5.74, 6) is 2.50. The number of fused-ring (bicyclic) bond motifs is 1. The zero-order valence-corrected chi connectivity index (χ0v) is 8.20. The van der Waals surface area contributed by atoms with Crippen molar-refractivity contribution in [2.75, 3.05) is 19.7 Å². The molecule has 2 heteroatoms. The molecule has 0 aromatic heterocycles. The highest BCUT2D eigenvalue weighted by Crippen LogP contribution is 2.39. The topological polar surface area (TPSA) is 21.3 Å². The minimum Gasteiger partial charge on any atom is -0.493 e. The molecule has 0 saturated carbocycles. The van der Waals surface area contributed by atoms with Crippen LogP contribution in [0.2, 0.25) is 0 Å². The predicted molar refractivity (Wildman–Crippen MR) is 55.7 cm³/mol. The van der Waals surface area contributed by atoms with Crippen molar-refractivity contribution >= 4 is 0 Å². The highest BCUT2D eigenvalue weighted by atomic mass is 16.5. The van der Waals surface area contributed by atoms with E-state index >= 15 is 0 Å². The van der Waals surface area contributed by atoms with Crippen LogP contribution in [-0.4, -0.2) is 19.7 Å². The van der Waals surface area contributed by atoms with Crippen LogP contribution in [0.25, 0.3) is 0 Å². The lowest BCUT2D eigenvalue weighted by molar-refractivity contribution is 0.296. The summed E-state index contributed by atoms with van der Waals surface area (Å²) in [6.07, 6.45) is 1.29. The van der Waals surface area contributed by atoms with E-state index in [0.717, 1.165) is 24.8 Å². The molecule has 1 N–H and O–H groups in total. The Morgan fingerprint density at radius 3 is 3.07 bits per heavy atom. The van der Waals surface area contributed by atoms with Gasteiger partial charge in [0.05, 0.1) is 6.61 Å². The standard InChI is InChI=1S/C12H15NO/c1-2-4-12-10(3-1)11(8-14-12)9-5-6-13-7-9/h1-4,9,11,13H,5-8H2. The van der Waals surface area contributed by atoms with Crippen LogP contribution in [0.3, 0.4) is 0 Å². The van der Waals surface area contributed by atoms with E-state index in [1.165, 1.54) is 18.5 Å². The molecule has 0 amide bonds. The molecule has 2 aliphatic rings. The molecular formula is C12H15NO. The third-order valence-corrected chi connectivity index (χ3v) is 3.40. The van der Waals surface area contributed by atoms with Crippen LogP contribution in [0, 0.1) is 5.92 Å². The van der Waals surface area contributed by atoms with Crippen molar-refractivity contribution in [1.29, 1.82) is 0 Å². The lowest BCUT2D eigenvalue weighted by Gasteiger charge is -2.15. The molecule has 1 aromatic carbocycles. The Morgan fingerprint density at radius 2 is 2.21 bits per heavy atom. The van der Waals surface area contributed by atoms with Crippen molar-refractivity contribution in [2.45, 2.75) is 12.3 Å². The quantitative estimate of drug-likeness (QED) is 0.727. The molecule has 14 heavy (non-hydrogen) atoms. The number of ether oxygens (including phenoxy) is 1. The van der Waals surface area contributed by atoms with Crippen molar-refractivity contribution in [3.8, 4) is 5.75 Å². The zero-order chi connectivity index (χ0) is 9.38. The van der Waals surface area contributed by atoms with E-state index in [2.05, 4.69) is 23.5 Å². The number of nitrogens with one attached hydrogen (secondary N) is 1. The highest BCUT2D eigenvalue weighted by molar-refractivity contribution is 5.40. The van der Waals surface area contributed by atoms with Crippen LogP contribution >= 0.6 is 0 Å². The Bertz CT molecular complexity index is 331. The van der Waals surface area contributed by atoms with Crippen molar-refractivity contribution in [1.82, 2.24) is 5.32 Å². The lowest BCUT2D eigenvalue weighted by atomic mass is 9.87. The molecule has 0 spiro atoms. The first-order valence-electron chi connectivity index (χ1n) is 5.37. The summed E-state index contributed by atoms with van der Waals surface area (Å²) in [5, 5.41) is 3.42. The van der Waals surface area contributed by atoms with Crippen LogP contribution in [0.5, 0.6) is 5.75 Å². The molecule has 0 bridgehead atoms. The molecule has 74 valence electrons. The Kier molecular flexibility index (Phi) is 1.95. The van der Waals surface area contributed by atoms with Gasteiger partial charge in [-0.15, -0.1) is 0 Å². The van der Waals surface area contributed by atoms with Gasteiger partial charge in [-0.3, -0.25) is 0 Å². The minimum absolute atomic E-state index is 0.626. The van der Waals surface area contributed by atoms with Crippen molar-refractivity contribution < 1.29 is 4.74 Å². The molecule has 2 atom stereocenters. The second-order valence-corrected chi connectivity index (χ2v) is 4.21. The average molecular weight is 189 g/mol. The number of para-hydroxylation sites is 1. The van der Waals surface area contributed by atoms with E-state index in [1.54, 1.807) is 0 Å². The fraction of sp³-hybridized carbons (Fsp3) is 0.500. The lowest BCUT2D eigenvalue weighted by Crippen LogP contribution is -2.17. The number of benzene rings is 1. The minimum atomic E-state index is 0.626. The fourth-order valence-corrected chi connectivity index (χ4v) is 2.60. The monoisotopic (exact) mass is 189 g/mol. The van der Waals surface area contributed by atoms with Crippen molar-refractivity contribution in [3.05, 3.63) is 29.8 Å². The molecule has 0 aliphatic carbocycles. The van der Waals surface area contributed by atoms with Crippen LogP contribution in [-0.2, 0) is 0 Å². The molecule has 2 unspecified atom stereocenters. The molecule has 1 saturated heterocycles. The first-order valence-corrected chi connectivity index (χ1v) is 5.37. The van der Waals surface area contributed by atoms with E-state index in [4.69, 9.17) is 4.74 Å². The maximum Gasteiger partial charge on any atom is 0.122 e. The molecule has 1 aromatic rings. The number of hydrogen-bond acceptors (Lipinski definition) is 2. The molecule has 2 aliphatic heterocycles. The molecule has 1 fully saturated rings. The van der Waals surface area contributed by atoms with Gasteiger partial charge in [0, 0.05) is 11.5 Å². The van der Waals surface area contributed by atoms with Gasteiger partial charge >= 0.3 is 0 Å². The highest BCUT2D eigenvalue weighted by Gasteiger charge is 2.32. The number of hydrogen-bond donors (Lipinski definition) is 1. The van der Waals surface area contributed by atoms with Crippen molar-refractivity contribution in [3.63, 3.8) is 0 Å². The SMILES string of the molecule is c1ccc2c(c1)OCC2C1CCNC1. The maximum absolute atomic E-state index is 5.70. The summed E-state index contributed by atoms with van der Waals surface area (Å²) < 4.78 is 5.70. The Labute approximate surface area is 84.3 Å². The first-order chi connectivity index (χ1) is 6.95. The first kappa shape index (κ1) is 8.30. The van der Waals surface area contributed by atoms with Gasteiger partial charge in [0.15, 0.2) is 0 Å². The second kappa shape index (κ2) is 3.28. The summed E-state index contributed by atoms with van der Waals surface area (Å²) in [6, 6.07) is 8.46. The summed E-state index contributed by atoms with van der Waals surface area (Å²) in [5.41, 5.74) is 1.42. The summed E-state index contributed by atoms with van der Waals surface area (Å²) >= 11 is 0. The van der Waals surface area contributed by atoms with Gasteiger partial charge in [0.1, 0.15) is 5.75 Å². The van der Waals surface area contributed by atoms with E-state index in [1.807, 2.05) is 6.07 Å². The maximum atomic E-state index is 5.70. The molecule has 2 nitrogen and oxygen atoms in total. The number of rotatable bonds is 1. The van der Waals surface area contributed by atoms with Crippen LogP contribution < -0.4 is 10.1 Å². The van der Waals surface area contributed by atoms with E-state index in [0.29, 0.717) is 5.92 Å². The van der Waals surface area contributed by atoms with E-state index in [-0.39, 0.29) is 0 Å². The van der Waals surface area contributed by atoms with Gasteiger partial charge in [-0.25, -0.2) is 0 Å². The summed E-state index contributed by atoms with van der Waals surface area (Å²) in [6.45, 7) is 3.21. The molecule has 0 radical (unpaired) electrons. The zero-order valence-electron chi connectivity index (χ0n) is 8.20. The fourth-order valence-electron chi connectivity index (χ4n) is 2.60. The second-order valence-electron chi connectivity index (χ2n) is 4.21. The Morgan fingerprint density at radius 1 is 1.29 bits per heavy atom. The van der Waals surface area contributed by atoms with Gasteiger partial charge in [0.2, 0.25) is 0 Å². The van der Waals surface area contributed by atoms with Crippen LogP contribution in [0.1, 0.15) is 17.9 Å². The normalized spacial score (nSPS) is 30.0. The molecular weight excluding hydrogens is 174 g/mol. The van der Waals surface area contributed by atoms with Crippen LogP contribution in [0.15, 0.2) is 24.3 Å². The Hall–Kier alpha value is -1.02. The van der Waals surface area contributed by atoms with E-state index < -0.39 is 0 Å². The van der Waals surface area contributed by atoms with Gasteiger partial charge in [-0.1, -0.05) is 18.2 Å². The van der Waals surface area contributed by atoms with Gasteiger partial charge in [-0.2, -0.15) is 0 Å². The van der Waals surface area contributed by atoms with Crippen molar-refractivity contribution in [2.24, 2.45) is 5.92 Å². The van der Waals surface area contributed by atoms with Crippen LogP contribution in [0.4, 0.5) is 0 Å². The largest absolute Gasteiger partial charge is 0.493 e. The predicted octanol–water partition coefficient (Wildman–Crippen LogP) is 1.77. The van der Waals surface area contributed by atoms with E-state index in [9.17, 15) is 0 Å². The van der Waals surface area contributed by atoms with Gasteiger partial charge in [-0.05, 0) is 31.5 Å². The summed E-state index contributed by atoms with van der Waals surface area (Å²) in [4.78, 5) is 0. The summed E-state index contributed by atoms with van der Waals surface area (Å²) in [7, 11) is 0. The van der Waals surface area contributed by atoms with Gasteiger partial charge in [0.25, 0.3) is 0 Å². The Balaban J connectivity index is 1.89. The van der Waals surface area contributed by atoms with Gasteiger partial charge < -0.3 is 10.1 Å². The smallest absolute Gasteiger partial charge is 0.122 e.